The van der Waals surface area contributed by atoms with Gasteiger partial charge in [0.2, 0.25) is 0 Å². The van der Waals surface area contributed by atoms with Crippen molar-refractivity contribution in [2.24, 2.45) is 0 Å². The quantitative estimate of drug-likeness (QED) is 0.0332. The van der Waals surface area contributed by atoms with Gasteiger partial charge in [0.05, 0.1) is 0 Å². The van der Waals surface area contributed by atoms with Crippen LogP contribution in [0.3, 0.4) is 0 Å². The summed E-state index contributed by atoms with van der Waals surface area (Å²) in [6, 6.07) is 0. The monoisotopic (exact) mass is 754 g/mol. The van der Waals surface area contributed by atoms with Crippen LogP contribution in [0.1, 0.15) is 182 Å². The van der Waals surface area contributed by atoms with Crippen LogP contribution in [0.5, 0.6) is 0 Å². The molecule has 0 saturated heterocycles. The Hall–Kier alpha value is 0.439. The zero-order valence-electron chi connectivity index (χ0n) is 29.2. The number of unbranched alkanes of at least 4 members (excludes halogenated alkanes) is 18. The first-order valence-corrected chi connectivity index (χ1v) is 23.6. The van der Waals surface area contributed by atoms with Gasteiger partial charge in [-0.3, -0.25) is 9.59 Å². The fraction of sp³-hybridized carbons (Fsp3) is 0.944. The molecule has 258 valence electrons. The summed E-state index contributed by atoms with van der Waals surface area (Å²) in [7, 11) is 0. The van der Waals surface area contributed by atoms with Gasteiger partial charge in [-0.15, -0.1) is 0 Å². The van der Waals surface area contributed by atoms with Crippen molar-refractivity contribution >= 4 is 58.3 Å². The maximum absolute atomic E-state index is 11.2. The van der Waals surface area contributed by atoms with E-state index in [1.165, 1.54) is 116 Å². The van der Waals surface area contributed by atoms with Crippen LogP contribution < -0.4 is 0 Å². The molecule has 0 aliphatic rings. The summed E-state index contributed by atoms with van der Waals surface area (Å²) in [6.07, 6.45) is 30.0. The number of carbonyl (C=O) groups is 2. The molecular formula is C36H74O4S2Sn. The van der Waals surface area contributed by atoms with Gasteiger partial charge in [0.15, 0.2) is 0 Å². The van der Waals surface area contributed by atoms with Crippen molar-refractivity contribution in [3.8, 4) is 0 Å². The third-order valence-corrected chi connectivity index (χ3v) is 11.5. The second-order valence-corrected chi connectivity index (χ2v) is 16.7. The molecule has 0 atom stereocenters. The number of hydrogen-bond donors (Lipinski definition) is 2. The summed E-state index contributed by atoms with van der Waals surface area (Å²) in [6.45, 7) is 9.96. The fourth-order valence-electron chi connectivity index (χ4n) is 4.35. The molecule has 43 heavy (non-hydrogen) atoms. The van der Waals surface area contributed by atoms with Gasteiger partial charge >= 0.3 is 81.5 Å². The van der Waals surface area contributed by atoms with Gasteiger partial charge in [-0.1, -0.05) is 117 Å². The molecule has 7 heteroatoms. The minimum absolute atomic E-state index is 0.0676. The van der Waals surface area contributed by atoms with Crippen LogP contribution in [-0.2, 0) is 19.1 Å². The molecule has 0 aromatic carbocycles. The third-order valence-electron chi connectivity index (χ3n) is 7.09. The van der Waals surface area contributed by atoms with Crippen molar-refractivity contribution in [1.82, 2.24) is 0 Å². The Balaban J connectivity index is -0.000000586. The number of thiol groups is 2. The Morgan fingerprint density at radius 1 is 0.442 bits per heavy atom. The molecule has 0 aromatic rings. The van der Waals surface area contributed by atoms with E-state index >= 15 is 0 Å². The molecule has 4 nitrogen and oxygen atoms in total. The van der Waals surface area contributed by atoms with Crippen molar-refractivity contribution < 1.29 is 19.1 Å². The first-order chi connectivity index (χ1) is 21.0. The molecule has 0 spiro atoms. The molecule has 2 radical (unpaired) electrons. The predicted molar refractivity (Wildman–Crippen MR) is 198 cm³/mol. The molecule has 0 aliphatic heterocycles. The van der Waals surface area contributed by atoms with Gasteiger partial charge in [-0.05, 0) is 12.8 Å². The number of esters is 2. The summed E-state index contributed by atoms with van der Waals surface area (Å²) in [5, 5.41) is 0. The van der Waals surface area contributed by atoms with Crippen LogP contribution >= 0.6 is 25.3 Å². The van der Waals surface area contributed by atoms with E-state index in [2.05, 4.69) is 53.0 Å². The van der Waals surface area contributed by atoms with Crippen LogP contribution in [0.2, 0.25) is 8.87 Å². The Morgan fingerprint density at radius 3 is 1.00 bits per heavy atom. The van der Waals surface area contributed by atoms with E-state index in [4.69, 9.17) is 9.47 Å². The van der Waals surface area contributed by atoms with Crippen LogP contribution in [0.25, 0.3) is 0 Å². The number of rotatable bonds is 30. The normalized spacial score (nSPS) is 10.4. The average molecular weight is 754 g/mol. The SMILES string of the molecule is CCCCCCCCCCCC(=O)OCCS.CCCCCCCCCCCC(=O)OCCS.CCC[CH2][Sn][CH2]CCC. The number of carbonyl (C=O) groups excluding carboxylic acids is 2. The fourth-order valence-corrected chi connectivity index (χ4v) is 8.69. The van der Waals surface area contributed by atoms with E-state index in [-0.39, 0.29) is 33.1 Å². The van der Waals surface area contributed by atoms with Gasteiger partial charge in [-0.25, -0.2) is 0 Å². The Bertz CT molecular complexity index is 479. The second-order valence-electron chi connectivity index (χ2n) is 11.5. The van der Waals surface area contributed by atoms with Crippen molar-refractivity contribution in [2.45, 2.75) is 191 Å². The molecular weight excluding hydrogens is 679 g/mol. The van der Waals surface area contributed by atoms with Crippen molar-refractivity contribution in [3.63, 3.8) is 0 Å². The van der Waals surface area contributed by atoms with Crippen LogP contribution in [-0.4, -0.2) is 57.8 Å². The standard InChI is InChI=1S/2C14H28O2S.2C4H9.Sn/c2*1-2-3-4-5-6-7-8-9-10-11-14(15)16-12-13-17;2*1-3-4-2;/h2*17H,2-13H2,1H3;2*1,3-4H2,2H3;. The number of hydrogen-bond acceptors (Lipinski definition) is 6. The Kier molecular flexibility index (Phi) is 52.1. The van der Waals surface area contributed by atoms with E-state index < -0.39 is 0 Å². The first kappa shape index (κ1) is 47.8. The molecule has 0 aromatic heterocycles. The molecule has 0 saturated carbocycles. The summed E-state index contributed by atoms with van der Waals surface area (Å²) >= 11 is 8.13. The predicted octanol–water partition coefficient (Wildman–Crippen LogP) is 11.9. The van der Waals surface area contributed by atoms with E-state index in [0.717, 1.165) is 25.7 Å². The van der Waals surface area contributed by atoms with Crippen LogP contribution in [0, 0.1) is 0 Å². The molecule has 0 aliphatic carbocycles. The Morgan fingerprint density at radius 2 is 0.721 bits per heavy atom. The molecule has 0 rings (SSSR count). The van der Waals surface area contributed by atoms with Crippen LogP contribution in [0.4, 0.5) is 0 Å². The Labute approximate surface area is 291 Å². The molecule has 0 amide bonds. The minimum atomic E-state index is -0.0676. The third kappa shape index (κ3) is 52.3. The summed E-state index contributed by atoms with van der Waals surface area (Å²) < 4.78 is 13.1. The average Bonchev–Trinajstić information content (AvgIpc) is 3.01. The van der Waals surface area contributed by atoms with E-state index in [1.807, 2.05) is 0 Å². The van der Waals surface area contributed by atoms with Crippen molar-refractivity contribution in [1.29, 1.82) is 0 Å². The molecule has 0 fully saturated rings. The zero-order valence-corrected chi connectivity index (χ0v) is 33.9. The van der Waals surface area contributed by atoms with Gasteiger partial charge in [0.25, 0.3) is 0 Å². The molecule has 0 N–H and O–H groups in total. The van der Waals surface area contributed by atoms with Crippen molar-refractivity contribution in [2.75, 3.05) is 24.7 Å². The molecule has 0 heterocycles. The van der Waals surface area contributed by atoms with Gasteiger partial charge in [-0.2, -0.15) is 25.3 Å². The van der Waals surface area contributed by atoms with Crippen LogP contribution in [0.15, 0.2) is 0 Å². The summed E-state index contributed by atoms with van der Waals surface area (Å²) in [5.41, 5.74) is 0. The zero-order chi connectivity index (χ0) is 32.5. The maximum atomic E-state index is 11.2. The first-order valence-electron chi connectivity index (χ1n) is 18.3. The number of ether oxygens (including phenoxy) is 2. The molecule has 0 bridgehead atoms. The van der Waals surface area contributed by atoms with Gasteiger partial charge < -0.3 is 9.47 Å². The van der Waals surface area contributed by atoms with E-state index in [1.54, 1.807) is 8.87 Å². The summed E-state index contributed by atoms with van der Waals surface area (Å²) in [4.78, 5) is 22.3. The molecule has 0 unspecified atom stereocenters. The van der Waals surface area contributed by atoms with Crippen molar-refractivity contribution in [3.05, 3.63) is 0 Å². The second kappa shape index (κ2) is 46.9. The van der Waals surface area contributed by atoms with Gasteiger partial charge in [0, 0.05) is 24.3 Å². The topological polar surface area (TPSA) is 52.6 Å². The van der Waals surface area contributed by atoms with Gasteiger partial charge in [0.1, 0.15) is 13.2 Å². The summed E-state index contributed by atoms with van der Waals surface area (Å²) in [5.74, 6) is 1.09. The van der Waals surface area contributed by atoms with E-state index in [0.29, 0.717) is 37.6 Å². The van der Waals surface area contributed by atoms with E-state index in [9.17, 15) is 9.59 Å².